The van der Waals surface area contributed by atoms with Gasteiger partial charge in [-0.05, 0) is 20.8 Å². The molecule has 0 fully saturated rings. The van der Waals surface area contributed by atoms with Crippen LogP contribution in [0.2, 0.25) is 0 Å². The van der Waals surface area contributed by atoms with E-state index in [1.165, 1.54) is 0 Å². The van der Waals surface area contributed by atoms with Crippen molar-refractivity contribution in [3.63, 3.8) is 0 Å². The number of carbonyl (C=O) groups is 1. The molecule has 0 aromatic carbocycles. The summed E-state index contributed by atoms with van der Waals surface area (Å²) in [6.07, 6.45) is -1.72. The first-order valence-corrected chi connectivity index (χ1v) is 6.73. The molecule has 2 atom stereocenters. The van der Waals surface area contributed by atoms with Gasteiger partial charge in [0.15, 0.2) is 0 Å². The Morgan fingerprint density at radius 3 is 2.61 bits per heavy atom. The van der Waals surface area contributed by atoms with E-state index in [1.54, 1.807) is 20.8 Å². The number of nitro groups is 1. The van der Waals surface area contributed by atoms with Crippen LogP contribution in [-0.4, -0.2) is 44.5 Å². The van der Waals surface area contributed by atoms with Gasteiger partial charge >= 0.3 is 11.8 Å². The van der Waals surface area contributed by atoms with E-state index in [2.05, 4.69) is 10.3 Å². The van der Waals surface area contributed by atoms with Crippen LogP contribution in [0.25, 0.3) is 0 Å². The van der Waals surface area contributed by atoms with Gasteiger partial charge in [0.05, 0.1) is 4.92 Å². The molecule has 0 spiro atoms. The number of nitrogens with zero attached hydrogens (tertiary/aromatic N) is 2. The van der Waals surface area contributed by atoms with Gasteiger partial charge in [-0.3, -0.25) is 15.1 Å². The number of alkyl carbamates (subject to hydrolysis) is 1. The van der Waals surface area contributed by atoms with E-state index in [1.807, 2.05) is 0 Å². The summed E-state index contributed by atoms with van der Waals surface area (Å²) in [5, 5.41) is 33.0. The molecule has 10 nitrogen and oxygen atoms in total. The molecule has 1 heterocycles. The number of aromatic nitrogens is 1. The van der Waals surface area contributed by atoms with E-state index in [-0.39, 0.29) is 17.8 Å². The van der Waals surface area contributed by atoms with Crippen LogP contribution in [0, 0.1) is 10.1 Å². The molecule has 0 aliphatic rings. The van der Waals surface area contributed by atoms with Crippen LogP contribution in [0.3, 0.4) is 0 Å². The Balaban J connectivity index is 2.74. The minimum absolute atomic E-state index is 0.0994. The number of carbonyl (C=O) groups excluding carboxylic acids is 1. The third kappa shape index (κ3) is 5.34. The van der Waals surface area contributed by atoms with Crippen LogP contribution in [0.15, 0.2) is 12.4 Å². The average Bonchev–Trinajstić information content (AvgIpc) is 2.42. The molecule has 0 saturated carbocycles. The Morgan fingerprint density at radius 1 is 1.48 bits per heavy atom. The van der Waals surface area contributed by atoms with Gasteiger partial charge in [-0.25, -0.2) is 4.79 Å². The van der Waals surface area contributed by atoms with Gasteiger partial charge in [0.2, 0.25) is 0 Å². The van der Waals surface area contributed by atoms with Crippen LogP contribution < -0.4 is 11.1 Å². The number of rotatable bonds is 5. The molecule has 0 radical (unpaired) electrons. The molecule has 1 rings (SSSR count). The summed E-state index contributed by atoms with van der Waals surface area (Å²) in [4.78, 5) is 25.1. The zero-order chi connectivity index (χ0) is 17.8. The summed E-state index contributed by atoms with van der Waals surface area (Å²) in [5.74, 6) is 0. The van der Waals surface area contributed by atoms with E-state index in [4.69, 9.17) is 10.5 Å². The van der Waals surface area contributed by atoms with E-state index in [0.717, 1.165) is 12.4 Å². The fraction of sp³-hybridized carbons (Fsp3) is 0.538. The number of ether oxygens (including phenoxy) is 1. The predicted octanol–water partition coefficient (Wildman–Crippen LogP) is 0.491. The van der Waals surface area contributed by atoms with Crippen molar-refractivity contribution in [2.75, 3.05) is 12.3 Å². The highest BCUT2D eigenvalue weighted by Crippen LogP contribution is 2.29. The topological polar surface area (TPSA) is 161 Å². The second-order valence-electron chi connectivity index (χ2n) is 5.81. The maximum absolute atomic E-state index is 11.5. The van der Waals surface area contributed by atoms with Crippen LogP contribution in [-0.2, 0) is 4.74 Å². The Hall–Kier alpha value is -2.46. The zero-order valence-corrected chi connectivity index (χ0v) is 13.0. The zero-order valence-electron chi connectivity index (χ0n) is 13.0. The number of nitrogens with one attached hydrogen (secondary N) is 1. The number of hydrogen-bond acceptors (Lipinski definition) is 8. The molecule has 128 valence electrons. The molecule has 0 aliphatic heterocycles. The summed E-state index contributed by atoms with van der Waals surface area (Å²) < 4.78 is 4.98. The van der Waals surface area contributed by atoms with Gasteiger partial charge in [-0.15, -0.1) is 0 Å². The highest BCUT2D eigenvalue weighted by Gasteiger charge is 2.26. The van der Waals surface area contributed by atoms with Crippen molar-refractivity contribution >= 4 is 17.5 Å². The van der Waals surface area contributed by atoms with Crippen molar-refractivity contribution in [1.29, 1.82) is 0 Å². The molecule has 0 bridgehead atoms. The van der Waals surface area contributed by atoms with Crippen LogP contribution in [0.5, 0.6) is 0 Å². The number of nitrogens with two attached hydrogens (primary N) is 1. The van der Waals surface area contributed by atoms with Gasteiger partial charge in [0.1, 0.15) is 29.7 Å². The molecule has 23 heavy (non-hydrogen) atoms. The maximum atomic E-state index is 11.5. The van der Waals surface area contributed by atoms with E-state index >= 15 is 0 Å². The van der Waals surface area contributed by atoms with Gasteiger partial charge in [0, 0.05) is 18.3 Å². The summed E-state index contributed by atoms with van der Waals surface area (Å²) in [6, 6.07) is 0. The van der Waals surface area contributed by atoms with E-state index in [0.29, 0.717) is 0 Å². The monoisotopic (exact) mass is 328 g/mol. The fourth-order valence-corrected chi connectivity index (χ4v) is 1.68. The Morgan fingerprint density at radius 2 is 2.09 bits per heavy atom. The van der Waals surface area contributed by atoms with Gasteiger partial charge < -0.3 is 26.0 Å². The standard InChI is InChI=1S/C13H20N4O6/c1-13(2,3)23-12(20)16-6-9(18)11(19)7-4-15-5-8(10(7)14)17(21)22/h4-5,9,11,18-19H,6H2,1-3H3,(H2,14,15)(H,16,20). The number of nitrogen functional groups attached to an aromatic ring is 1. The molecule has 1 amide bonds. The van der Waals surface area contributed by atoms with Crippen LogP contribution in [0.4, 0.5) is 16.2 Å². The van der Waals surface area contributed by atoms with Crippen molar-refractivity contribution in [3.8, 4) is 0 Å². The molecule has 1 aromatic rings. The summed E-state index contributed by atoms with van der Waals surface area (Å²) in [5.41, 5.74) is 4.02. The number of hydrogen-bond donors (Lipinski definition) is 4. The second kappa shape index (κ2) is 7.20. The lowest BCUT2D eigenvalue weighted by Crippen LogP contribution is -2.39. The van der Waals surface area contributed by atoms with E-state index < -0.39 is 34.5 Å². The second-order valence-corrected chi connectivity index (χ2v) is 5.81. The smallest absolute Gasteiger partial charge is 0.407 e. The first-order valence-electron chi connectivity index (χ1n) is 6.73. The largest absolute Gasteiger partial charge is 0.444 e. The fourth-order valence-electron chi connectivity index (χ4n) is 1.68. The van der Waals surface area contributed by atoms with Crippen LogP contribution >= 0.6 is 0 Å². The lowest BCUT2D eigenvalue weighted by Gasteiger charge is -2.22. The van der Waals surface area contributed by atoms with Crippen molar-refractivity contribution in [3.05, 3.63) is 28.1 Å². The number of aliphatic hydroxyl groups excluding tert-OH is 2. The third-order valence-electron chi connectivity index (χ3n) is 2.73. The maximum Gasteiger partial charge on any atom is 0.407 e. The van der Waals surface area contributed by atoms with Crippen molar-refractivity contribution in [1.82, 2.24) is 10.3 Å². The highest BCUT2D eigenvalue weighted by molar-refractivity contribution is 5.67. The van der Waals surface area contributed by atoms with Gasteiger partial charge in [0.25, 0.3) is 0 Å². The lowest BCUT2D eigenvalue weighted by atomic mass is 10.0. The molecule has 0 aliphatic carbocycles. The summed E-state index contributed by atoms with van der Waals surface area (Å²) in [7, 11) is 0. The van der Waals surface area contributed by atoms with Crippen molar-refractivity contribution in [2.45, 2.75) is 38.6 Å². The molecule has 0 saturated heterocycles. The highest BCUT2D eigenvalue weighted by atomic mass is 16.6. The minimum Gasteiger partial charge on any atom is -0.444 e. The van der Waals surface area contributed by atoms with Crippen molar-refractivity contribution < 1.29 is 24.7 Å². The van der Waals surface area contributed by atoms with Crippen LogP contribution in [0.1, 0.15) is 32.4 Å². The normalized spacial score (nSPS) is 14.0. The molecule has 5 N–H and O–H groups in total. The van der Waals surface area contributed by atoms with E-state index in [9.17, 15) is 25.1 Å². The first kappa shape index (κ1) is 18.6. The molecule has 1 aromatic heterocycles. The molecular weight excluding hydrogens is 308 g/mol. The quantitative estimate of drug-likeness (QED) is 0.448. The summed E-state index contributed by atoms with van der Waals surface area (Å²) >= 11 is 0. The first-order chi connectivity index (χ1) is 10.5. The SMILES string of the molecule is CC(C)(C)OC(=O)NCC(O)C(O)c1cncc([N+](=O)[O-])c1N. The predicted molar refractivity (Wildman–Crippen MR) is 80.5 cm³/mol. The Labute approximate surface area is 132 Å². The van der Waals surface area contributed by atoms with Crippen molar-refractivity contribution in [2.24, 2.45) is 0 Å². The number of amides is 1. The Bertz CT molecular complexity index is 586. The number of anilines is 1. The summed E-state index contributed by atoms with van der Waals surface area (Å²) in [6.45, 7) is 4.69. The van der Waals surface area contributed by atoms with Gasteiger partial charge in [-0.1, -0.05) is 0 Å². The van der Waals surface area contributed by atoms with Gasteiger partial charge in [-0.2, -0.15) is 0 Å². The minimum atomic E-state index is -1.56. The Kier molecular flexibility index (Phi) is 5.82. The lowest BCUT2D eigenvalue weighted by molar-refractivity contribution is -0.384. The average molecular weight is 328 g/mol. The molecule has 2 unspecified atom stereocenters. The molecular formula is C13H20N4O6. The number of pyridine rings is 1. The number of aliphatic hydroxyl groups is 2. The third-order valence-corrected chi connectivity index (χ3v) is 2.73. The molecule has 10 heteroatoms.